The number of benzene rings is 2. The quantitative estimate of drug-likeness (QED) is 0.152. The third kappa shape index (κ3) is 10.6. The molecule has 1 aliphatic heterocycles. The molecule has 5 amide bonds. The maximum absolute atomic E-state index is 13.6. The minimum absolute atomic E-state index is 0.0493. The van der Waals surface area contributed by atoms with Crippen molar-refractivity contribution in [1.29, 1.82) is 0 Å². The van der Waals surface area contributed by atoms with E-state index in [-0.39, 0.29) is 25.8 Å². The van der Waals surface area contributed by atoms with E-state index in [4.69, 9.17) is 8.56 Å². The van der Waals surface area contributed by atoms with E-state index in [1.165, 1.54) is 18.7 Å². The molecule has 2 aromatic carbocycles. The highest BCUT2D eigenvalue weighted by Crippen LogP contribution is 2.20. The fraction of sp³-hybridized carbons (Fsp3) is 0.486. The Morgan fingerprint density at radius 3 is 1.98 bits per heavy atom. The average Bonchev–Trinajstić information content (AvgIpc) is 3.61. The van der Waals surface area contributed by atoms with Gasteiger partial charge in [0.15, 0.2) is 2.82 Å². The molecule has 1 saturated heterocycles. The van der Waals surface area contributed by atoms with Gasteiger partial charge in [0, 0.05) is 13.0 Å². The summed E-state index contributed by atoms with van der Waals surface area (Å²) in [6.07, 6.45) is 1.41. The van der Waals surface area contributed by atoms with Crippen LogP contribution in [0.2, 0.25) is 2.82 Å². The van der Waals surface area contributed by atoms with Crippen LogP contribution in [0.5, 0.6) is 0 Å². The lowest BCUT2D eigenvalue weighted by Gasteiger charge is -2.29. The predicted octanol–water partition coefficient (Wildman–Crippen LogP) is 0.900. The van der Waals surface area contributed by atoms with Crippen LogP contribution in [-0.4, -0.2) is 88.3 Å². The number of nitrogens with two attached hydrogens (primary N) is 1. The fourth-order valence-electron chi connectivity index (χ4n) is 5.41. The van der Waals surface area contributed by atoms with Gasteiger partial charge in [-0.05, 0) is 50.2 Å². The maximum Gasteiger partial charge on any atom is 0.326 e. The number of carboxylic acid groups (broad SMARTS) is 1. The molecule has 1 fully saturated rings. The molecule has 13 nitrogen and oxygen atoms in total. The molecule has 13 heteroatoms. The van der Waals surface area contributed by atoms with E-state index in [1.807, 2.05) is 6.07 Å². The monoisotopic (exact) mass is 666 g/mol. The lowest BCUT2D eigenvalue weighted by atomic mass is 9.97. The number of nitrogens with zero attached hydrogens (tertiary/aromatic N) is 1. The Morgan fingerprint density at radius 1 is 0.833 bits per heavy atom. The summed E-state index contributed by atoms with van der Waals surface area (Å²) in [5.41, 5.74) is 7.61. The van der Waals surface area contributed by atoms with Crippen LogP contribution in [0.25, 0.3) is 0 Å². The van der Waals surface area contributed by atoms with Gasteiger partial charge in [-0.25, -0.2) is 4.79 Å². The molecule has 0 radical (unpaired) electrons. The number of aliphatic carboxylic acids is 1. The van der Waals surface area contributed by atoms with Crippen LogP contribution in [0.4, 0.5) is 0 Å². The van der Waals surface area contributed by atoms with Crippen LogP contribution >= 0.6 is 0 Å². The molecule has 7 atom stereocenters. The van der Waals surface area contributed by atoms with Gasteiger partial charge in [-0.15, -0.1) is 0 Å². The number of carbonyl (C=O) groups excluding carboxylic acids is 5. The summed E-state index contributed by atoms with van der Waals surface area (Å²) in [5.74, 6) is -5.58. The van der Waals surface area contributed by atoms with E-state index in [0.29, 0.717) is 29.0 Å². The standard InChI is InChI=1S/C35H48N6O7/c1-5-21(2)29(40-32(44)26(36)19-24-13-8-6-9-14-24)33(45)38-22(3)30(42)37-23(4)31(43)39-27(20-25-15-10-7-11-16-25)34(46)41-18-12-17-28(41)35(47)48/h6-11,13-16,21-23,26-29H,5,12,17-20,36H2,1-4H3,(H,37,42)(H,38,45)(H,39,43)(H,40,44)(H,47,48)/t21-,22-,23-,26+,27-,28-,29-/m0/s1/i/hD2. The molecule has 3 rings (SSSR count). The minimum atomic E-state index is -1.42. The molecule has 260 valence electrons. The Balaban J connectivity index is 1.69. The van der Waals surface area contributed by atoms with E-state index in [2.05, 4.69) is 10.6 Å². The summed E-state index contributed by atoms with van der Waals surface area (Å²) in [4.78, 5) is 79.8. The number of likely N-dealkylation sites (tertiary alicyclic amines) is 1. The zero-order valence-electron chi connectivity index (χ0n) is 29.9. The minimum Gasteiger partial charge on any atom is -0.480 e. The molecule has 1 aliphatic rings. The fourth-order valence-corrected chi connectivity index (χ4v) is 5.41. The lowest BCUT2D eigenvalue weighted by molar-refractivity contribution is -0.149. The number of carbonyl (C=O) groups is 6. The van der Waals surface area contributed by atoms with E-state index >= 15 is 0 Å². The van der Waals surface area contributed by atoms with E-state index in [9.17, 15) is 33.9 Å². The Kier molecular flexibility index (Phi) is 12.9. The SMILES string of the molecule is [2H]N(C(=O)[C@H](N)Cc1ccccc1)[C@H](C(=O)N[C@@H](C)C(=O)N([2H])[C@@H](C)C(=O)N[C@@H](Cc1ccccc1)C(=O)N1CCC[C@H]1C(=O)O)[C@@H](C)CC. The smallest absolute Gasteiger partial charge is 0.326 e. The van der Waals surface area contributed by atoms with Crippen molar-refractivity contribution in [3.05, 3.63) is 71.8 Å². The second-order valence-electron chi connectivity index (χ2n) is 12.2. The number of carboxylic acids is 1. The first-order valence-corrected chi connectivity index (χ1v) is 16.3. The van der Waals surface area contributed by atoms with Crippen molar-refractivity contribution < 1.29 is 36.7 Å². The molecule has 48 heavy (non-hydrogen) atoms. The van der Waals surface area contributed by atoms with Crippen molar-refractivity contribution in [3.63, 3.8) is 0 Å². The molecule has 7 N–H and O–H groups in total. The van der Waals surface area contributed by atoms with Crippen molar-refractivity contribution in [2.45, 2.75) is 96.1 Å². The van der Waals surface area contributed by atoms with E-state index < -0.39 is 77.7 Å². The van der Waals surface area contributed by atoms with Gasteiger partial charge in [-0.2, -0.15) is 0 Å². The summed E-state index contributed by atoms with van der Waals surface area (Å²) >= 11 is 0. The Labute approximate surface area is 284 Å². The van der Waals surface area contributed by atoms with Gasteiger partial charge in [-0.1, -0.05) is 80.9 Å². The predicted molar refractivity (Wildman–Crippen MR) is 179 cm³/mol. The number of rotatable bonds is 16. The normalized spacial score (nSPS) is 18.5. The van der Waals surface area contributed by atoms with Crippen LogP contribution in [-0.2, 0) is 41.6 Å². The number of amides is 5. The maximum atomic E-state index is 13.6. The van der Waals surface area contributed by atoms with Crippen molar-refractivity contribution in [3.8, 4) is 0 Å². The van der Waals surface area contributed by atoms with Crippen LogP contribution < -0.4 is 27.0 Å². The van der Waals surface area contributed by atoms with Gasteiger partial charge >= 0.3 is 5.97 Å². The van der Waals surface area contributed by atoms with Crippen LogP contribution in [0.3, 0.4) is 0 Å². The molecule has 1 heterocycles. The Bertz CT molecular complexity index is 1500. The Hall–Kier alpha value is -4.78. The molecular weight excluding hydrogens is 616 g/mol. The third-order valence-corrected chi connectivity index (χ3v) is 8.48. The molecule has 0 bridgehead atoms. The van der Waals surface area contributed by atoms with Gasteiger partial charge in [-0.3, -0.25) is 24.0 Å². The van der Waals surface area contributed by atoms with E-state index in [1.54, 1.807) is 68.4 Å². The topological polar surface area (TPSA) is 200 Å². The summed E-state index contributed by atoms with van der Waals surface area (Å²) in [6.45, 7) is 6.29. The molecule has 0 aromatic heterocycles. The lowest BCUT2D eigenvalue weighted by Crippen LogP contribution is -2.59. The van der Waals surface area contributed by atoms with Crippen LogP contribution in [0.15, 0.2) is 60.7 Å². The van der Waals surface area contributed by atoms with Gasteiger partial charge in [0.1, 0.15) is 30.2 Å². The molecule has 0 aliphatic carbocycles. The average molecular weight is 667 g/mol. The highest BCUT2D eigenvalue weighted by atomic mass is 16.4. The van der Waals surface area contributed by atoms with Gasteiger partial charge in [0.2, 0.25) is 29.5 Å². The molecule has 0 unspecified atom stereocenters. The first kappa shape index (κ1) is 34.6. The molecule has 0 saturated carbocycles. The second-order valence-corrected chi connectivity index (χ2v) is 12.2. The largest absolute Gasteiger partial charge is 0.480 e. The number of nitrogens with one attached hydrogen (secondary N) is 4. The van der Waals surface area contributed by atoms with Crippen molar-refractivity contribution in [2.75, 3.05) is 6.54 Å². The second kappa shape index (κ2) is 17.9. The molecule has 2 aromatic rings. The summed E-state index contributed by atoms with van der Waals surface area (Å²) in [5, 5.41) is 15.6. The van der Waals surface area contributed by atoms with Crippen molar-refractivity contribution in [1.82, 2.24) is 26.2 Å². The van der Waals surface area contributed by atoms with Crippen LogP contribution in [0.1, 0.15) is 58.1 Å². The zero-order chi connectivity index (χ0) is 37.1. The van der Waals surface area contributed by atoms with Crippen molar-refractivity contribution in [2.24, 2.45) is 11.7 Å². The first-order valence-electron chi connectivity index (χ1n) is 17.2. The highest BCUT2D eigenvalue weighted by Gasteiger charge is 2.38. The summed E-state index contributed by atoms with van der Waals surface area (Å²) < 4.78 is 17.0. The van der Waals surface area contributed by atoms with Gasteiger partial charge in [0.25, 0.3) is 0 Å². The Morgan fingerprint density at radius 2 is 1.42 bits per heavy atom. The van der Waals surface area contributed by atoms with Crippen LogP contribution in [0, 0.1) is 5.92 Å². The van der Waals surface area contributed by atoms with Gasteiger partial charge < -0.3 is 37.0 Å². The highest BCUT2D eigenvalue weighted by molar-refractivity contribution is 5.96. The number of hydrogen-bond acceptors (Lipinski definition) is 7. The summed E-state index contributed by atoms with van der Waals surface area (Å²) in [7, 11) is 0. The molecule has 0 spiro atoms. The molecular formula is C35H48N6O7. The third-order valence-electron chi connectivity index (χ3n) is 8.48. The number of hydrogen-bond donors (Lipinski definition) is 6. The first-order chi connectivity index (χ1) is 23.7. The van der Waals surface area contributed by atoms with Gasteiger partial charge in [0.05, 0.1) is 6.04 Å². The summed E-state index contributed by atoms with van der Waals surface area (Å²) in [6, 6.07) is 10.5. The zero-order valence-corrected chi connectivity index (χ0v) is 27.9. The van der Waals surface area contributed by atoms with E-state index in [0.717, 1.165) is 5.56 Å². The van der Waals surface area contributed by atoms with Crippen molar-refractivity contribution >= 4 is 35.5 Å².